The van der Waals surface area contributed by atoms with Gasteiger partial charge in [0.15, 0.2) is 0 Å². The second-order valence-electron chi connectivity index (χ2n) is 2.26. The number of hydrogen-bond acceptors (Lipinski definition) is 0. The molecule has 8 heavy (non-hydrogen) atoms. The van der Waals surface area contributed by atoms with Gasteiger partial charge in [0.2, 0.25) is 0 Å². The van der Waals surface area contributed by atoms with Crippen LogP contribution < -0.4 is 0 Å². The summed E-state index contributed by atoms with van der Waals surface area (Å²) in [6.07, 6.45) is 7.57. The maximum absolute atomic E-state index is 10.1. The lowest BCUT2D eigenvalue weighted by Gasteiger charge is -2.00. The molecule has 0 aromatic heterocycles. The minimum Gasteiger partial charge on any atom is -0.237 e. The third-order valence-corrected chi connectivity index (χ3v) is 1.60. The van der Waals surface area contributed by atoms with Crippen molar-refractivity contribution in [1.29, 1.82) is 0 Å². The van der Waals surface area contributed by atoms with Crippen molar-refractivity contribution in [3.63, 3.8) is 0 Å². The molecule has 1 unspecified atom stereocenters. The molecule has 0 spiro atoms. The van der Waals surface area contributed by atoms with E-state index < -0.39 is 0 Å². The van der Waals surface area contributed by atoms with E-state index in [1.165, 1.54) is 12.8 Å². The highest BCUT2D eigenvalue weighted by Gasteiger charge is 2.06. The molecule has 0 aromatic rings. The van der Waals surface area contributed by atoms with Crippen LogP contribution in [0.25, 0.3) is 0 Å². The zero-order valence-electron chi connectivity index (χ0n) is 4.97. The molecule has 1 atom stereocenters. The highest BCUT2D eigenvalue weighted by atomic mass is 16.3. The van der Waals surface area contributed by atoms with Gasteiger partial charge in [-0.15, -0.1) is 0 Å². The molecule has 0 saturated heterocycles. The van der Waals surface area contributed by atoms with Gasteiger partial charge >= 0.3 is 0 Å². The van der Waals surface area contributed by atoms with Crippen molar-refractivity contribution in [1.82, 2.24) is 0 Å². The Labute approximate surface area is 50.0 Å². The molecular formula is C7H11O. The van der Waals surface area contributed by atoms with Crippen LogP contribution in [-0.4, -0.2) is 6.61 Å². The van der Waals surface area contributed by atoms with Gasteiger partial charge in [-0.05, 0) is 25.2 Å². The van der Waals surface area contributed by atoms with Gasteiger partial charge in [-0.2, -0.15) is 0 Å². The standard InChI is InChI=1S/C7H11O/c8-6-5-7-3-1-2-4-7/h1,3,7H,2,4-6H2. The van der Waals surface area contributed by atoms with Crippen LogP contribution in [0.3, 0.4) is 0 Å². The molecule has 1 rings (SSSR count). The summed E-state index contributed by atoms with van der Waals surface area (Å²) in [4.78, 5) is 0. The van der Waals surface area contributed by atoms with Crippen molar-refractivity contribution in [2.75, 3.05) is 6.61 Å². The first-order valence-corrected chi connectivity index (χ1v) is 3.18. The second-order valence-corrected chi connectivity index (χ2v) is 2.26. The smallest absolute Gasteiger partial charge is 0.0828 e. The number of allylic oxidation sites excluding steroid dienone is 2. The minimum atomic E-state index is 0.0923. The third kappa shape index (κ3) is 1.34. The third-order valence-electron chi connectivity index (χ3n) is 1.60. The highest BCUT2D eigenvalue weighted by molar-refractivity contribution is 4.95. The van der Waals surface area contributed by atoms with Crippen molar-refractivity contribution in [3.05, 3.63) is 12.2 Å². The molecule has 1 aliphatic carbocycles. The zero-order chi connectivity index (χ0) is 5.82. The highest BCUT2D eigenvalue weighted by Crippen LogP contribution is 2.19. The van der Waals surface area contributed by atoms with Crippen LogP contribution in [0.4, 0.5) is 0 Å². The fourth-order valence-electron chi connectivity index (χ4n) is 1.09. The topological polar surface area (TPSA) is 19.9 Å². The molecule has 0 aliphatic heterocycles. The van der Waals surface area contributed by atoms with Crippen LogP contribution in [-0.2, 0) is 5.11 Å². The molecule has 0 N–H and O–H groups in total. The van der Waals surface area contributed by atoms with Gasteiger partial charge < -0.3 is 0 Å². The largest absolute Gasteiger partial charge is 0.237 e. The Hall–Kier alpha value is -0.300. The van der Waals surface area contributed by atoms with Gasteiger partial charge in [0.25, 0.3) is 0 Å². The van der Waals surface area contributed by atoms with Crippen molar-refractivity contribution in [3.8, 4) is 0 Å². The minimum absolute atomic E-state index is 0.0923. The summed E-state index contributed by atoms with van der Waals surface area (Å²) in [5.74, 6) is 0.618. The second kappa shape index (κ2) is 2.88. The van der Waals surface area contributed by atoms with Crippen molar-refractivity contribution < 1.29 is 5.11 Å². The molecule has 1 heteroatoms. The van der Waals surface area contributed by atoms with Crippen LogP contribution in [0.2, 0.25) is 0 Å². The van der Waals surface area contributed by atoms with Crippen LogP contribution >= 0.6 is 0 Å². The maximum Gasteiger partial charge on any atom is 0.0828 e. The van der Waals surface area contributed by atoms with E-state index in [4.69, 9.17) is 0 Å². The zero-order valence-corrected chi connectivity index (χ0v) is 4.97. The van der Waals surface area contributed by atoms with E-state index >= 15 is 0 Å². The Morgan fingerprint density at radius 1 is 1.62 bits per heavy atom. The monoisotopic (exact) mass is 111 g/mol. The fraction of sp³-hybridized carbons (Fsp3) is 0.714. The predicted octanol–water partition coefficient (Wildman–Crippen LogP) is 1.77. The summed E-state index contributed by atoms with van der Waals surface area (Å²) in [5, 5.41) is 10.1. The maximum atomic E-state index is 10.1. The van der Waals surface area contributed by atoms with Crippen LogP contribution in [0, 0.1) is 5.92 Å². The molecule has 0 heterocycles. The molecule has 0 aromatic carbocycles. The molecule has 45 valence electrons. The molecule has 1 nitrogen and oxygen atoms in total. The molecule has 0 fully saturated rings. The summed E-state index contributed by atoms with van der Waals surface area (Å²) >= 11 is 0. The van der Waals surface area contributed by atoms with Crippen LogP contribution in [0.5, 0.6) is 0 Å². The molecule has 0 saturated carbocycles. The van der Waals surface area contributed by atoms with Gasteiger partial charge in [-0.1, -0.05) is 12.2 Å². The summed E-state index contributed by atoms with van der Waals surface area (Å²) in [6.45, 7) is 0.0923. The van der Waals surface area contributed by atoms with Gasteiger partial charge in [-0.3, -0.25) is 0 Å². The number of hydrogen-bond donors (Lipinski definition) is 0. The van der Waals surface area contributed by atoms with Crippen LogP contribution in [0.1, 0.15) is 19.3 Å². The van der Waals surface area contributed by atoms with Gasteiger partial charge in [0.05, 0.1) is 6.61 Å². The summed E-state index contributed by atoms with van der Waals surface area (Å²) in [6, 6.07) is 0. The van der Waals surface area contributed by atoms with E-state index in [0.717, 1.165) is 6.42 Å². The lowest BCUT2D eigenvalue weighted by Crippen LogP contribution is -1.93. The predicted molar refractivity (Wildman–Crippen MR) is 32.0 cm³/mol. The van der Waals surface area contributed by atoms with Crippen molar-refractivity contribution >= 4 is 0 Å². The summed E-state index contributed by atoms with van der Waals surface area (Å²) in [5.41, 5.74) is 0. The quantitative estimate of drug-likeness (QED) is 0.484. The molecule has 0 amide bonds. The van der Waals surface area contributed by atoms with Gasteiger partial charge in [-0.25, -0.2) is 5.11 Å². The van der Waals surface area contributed by atoms with E-state index in [0.29, 0.717) is 5.92 Å². The van der Waals surface area contributed by atoms with E-state index in [1.807, 2.05) is 0 Å². The SMILES string of the molecule is [O]CCC1C=CCC1. The Kier molecular flexibility index (Phi) is 2.10. The molecule has 1 aliphatic rings. The first-order valence-electron chi connectivity index (χ1n) is 3.18. The average molecular weight is 111 g/mol. The van der Waals surface area contributed by atoms with E-state index in [-0.39, 0.29) is 6.61 Å². The Bertz CT molecular complexity index is 86.4. The molecule has 0 bridgehead atoms. The van der Waals surface area contributed by atoms with Crippen molar-refractivity contribution in [2.45, 2.75) is 19.3 Å². The Balaban J connectivity index is 2.16. The lowest BCUT2D eigenvalue weighted by atomic mass is 10.1. The van der Waals surface area contributed by atoms with Crippen molar-refractivity contribution in [2.24, 2.45) is 5.92 Å². The van der Waals surface area contributed by atoms with Crippen LogP contribution in [0.15, 0.2) is 12.2 Å². The summed E-state index contributed by atoms with van der Waals surface area (Å²) < 4.78 is 0. The normalized spacial score (nSPS) is 26.9. The van der Waals surface area contributed by atoms with E-state index in [9.17, 15) is 5.11 Å². The number of rotatable bonds is 2. The van der Waals surface area contributed by atoms with Gasteiger partial charge in [0, 0.05) is 0 Å². The first-order chi connectivity index (χ1) is 3.93. The molecule has 1 radical (unpaired) electrons. The Morgan fingerprint density at radius 3 is 3.00 bits per heavy atom. The van der Waals surface area contributed by atoms with E-state index in [1.54, 1.807) is 0 Å². The molecular weight excluding hydrogens is 100 g/mol. The first kappa shape index (κ1) is 5.83. The fourth-order valence-corrected chi connectivity index (χ4v) is 1.09. The van der Waals surface area contributed by atoms with E-state index in [2.05, 4.69) is 12.2 Å². The average Bonchev–Trinajstić information content (AvgIpc) is 2.19. The van der Waals surface area contributed by atoms with Gasteiger partial charge in [0.1, 0.15) is 0 Å². The Morgan fingerprint density at radius 2 is 2.50 bits per heavy atom. The lowest BCUT2D eigenvalue weighted by molar-refractivity contribution is 0.177. The summed E-state index contributed by atoms with van der Waals surface area (Å²) in [7, 11) is 0.